The van der Waals surface area contributed by atoms with Crippen LogP contribution >= 0.6 is 0 Å². The Morgan fingerprint density at radius 2 is 1.87 bits per heavy atom. The Labute approximate surface area is 136 Å². The normalized spacial score (nSPS) is 16.4. The molecule has 2 atom stereocenters. The van der Waals surface area contributed by atoms with Crippen molar-refractivity contribution >= 4 is 17.1 Å². The van der Waals surface area contributed by atoms with Gasteiger partial charge in [0.2, 0.25) is 6.54 Å². The highest BCUT2D eigenvalue weighted by Crippen LogP contribution is 2.23. The number of nitro groups is 1. The second-order valence-corrected chi connectivity index (χ2v) is 8.03. The van der Waals surface area contributed by atoms with Gasteiger partial charge in [-0.3, -0.25) is 10.1 Å². The average molecular weight is 346 g/mol. The second kappa shape index (κ2) is 7.74. The first-order chi connectivity index (χ1) is 10.6. The number of hydrogen-bond donors (Lipinski definition) is 1. The molecule has 0 bridgehead atoms. The summed E-state index contributed by atoms with van der Waals surface area (Å²) >= 11 is 0. The Bertz CT molecular complexity index is 588. The summed E-state index contributed by atoms with van der Waals surface area (Å²) in [5.41, 5.74) is -1.69. The van der Waals surface area contributed by atoms with E-state index in [-0.39, 0.29) is 0 Å². The van der Waals surface area contributed by atoms with Crippen LogP contribution in [-0.4, -0.2) is 32.4 Å². The summed E-state index contributed by atoms with van der Waals surface area (Å²) < 4.78 is 40.8. The van der Waals surface area contributed by atoms with Gasteiger partial charge in [-0.05, 0) is 26.3 Å². The molecule has 1 aromatic rings. The highest BCUT2D eigenvalue weighted by Gasteiger charge is 2.45. The third-order valence-corrected chi connectivity index (χ3v) is 4.67. The van der Waals surface area contributed by atoms with Gasteiger partial charge in [-0.25, -0.2) is 17.7 Å². The van der Waals surface area contributed by atoms with Crippen molar-refractivity contribution in [2.75, 3.05) is 6.54 Å². The van der Waals surface area contributed by atoms with E-state index >= 15 is 0 Å². The van der Waals surface area contributed by atoms with Crippen molar-refractivity contribution in [2.45, 2.75) is 37.5 Å². The van der Waals surface area contributed by atoms with Crippen LogP contribution < -0.4 is 4.72 Å². The Hall–Kier alpha value is -1.67. The molecule has 0 amide bonds. The zero-order valence-corrected chi connectivity index (χ0v) is 14.0. The van der Waals surface area contributed by atoms with Gasteiger partial charge in [0.05, 0.1) is 15.7 Å². The molecule has 23 heavy (non-hydrogen) atoms. The van der Waals surface area contributed by atoms with Gasteiger partial charge in [0.15, 0.2) is 5.54 Å². The molecular formula is C15H20F2N2O3S. The van der Waals surface area contributed by atoms with Crippen LogP contribution in [0.5, 0.6) is 0 Å². The summed E-state index contributed by atoms with van der Waals surface area (Å²) in [6, 6.07) is 8.57. The van der Waals surface area contributed by atoms with E-state index in [4.69, 9.17) is 0 Å². The predicted molar refractivity (Wildman–Crippen MR) is 87.1 cm³/mol. The fourth-order valence-corrected chi connectivity index (χ4v) is 2.53. The van der Waals surface area contributed by atoms with Crippen molar-refractivity contribution in [3.8, 4) is 0 Å². The Kier molecular flexibility index (Phi) is 6.52. The van der Waals surface area contributed by atoms with Gasteiger partial charge in [-0.1, -0.05) is 42.5 Å². The summed E-state index contributed by atoms with van der Waals surface area (Å²) in [5.74, 6) is 0. The fraction of sp³-hybridized carbons (Fsp3) is 0.467. The summed E-state index contributed by atoms with van der Waals surface area (Å²) in [7, 11) is -1.89. The van der Waals surface area contributed by atoms with Crippen LogP contribution in [0.1, 0.15) is 26.3 Å². The Balaban J connectivity index is 3.20. The van der Waals surface area contributed by atoms with E-state index in [9.17, 15) is 23.1 Å². The monoisotopic (exact) mass is 346 g/mol. The van der Waals surface area contributed by atoms with Gasteiger partial charge in [-0.15, -0.1) is 0 Å². The molecule has 0 aromatic heterocycles. The summed E-state index contributed by atoms with van der Waals surface area (Å²) in [6.07, 6.45) is -0.707. The first-order valence-corrected chi connectivity index (χ1v) is 8.06. The van der Waals surface area contributed by atoms with Crippen LogP contribution in [0, 0.1) is 10.1 Å². The lowest BCUT2D eigenvalue weighted by Crippen LogP contribution is -2.57. The molecule has 0 radical (unpaired) electrons. The van der Waals surface area contributed by atoms with E-state index in [0.29, 0.717) is 5.56 Å². The minimum Gasteiger partial charge on any atom is -0.264 e. The molecule has 1 N–H and O–H groups in total. The molecule has 1 rings (SSSR count). The lowest BCUT2D eigenvalue weighted by molar-refractivity contribution is -0.490. The van der Waals surface area contributed by atoms with Crippen LogP contribution in [-0.2, 0) is 11.0 Å². The standard InChI is InChI=1S/C15H20F2N2O3S/c1-14(2,3)23(22)18-15(13(16)17,11-19(20)21)10-9-12-7-5-4-6-8-12/h4-10,13,18H,11H2,1-3H3/b10-9+/t15-,23?/m0/s1. The van der Waals surface area contributed by atoms with E-state index in [2.05, 4.69) is 4.72 Å². The lowest BCUT2D eigenvalue weighted by atomic mass is 10.00. The maximum absolute atomic E-state index is 13.6. The minimum absolute atomic E-state index is 0.615. The van der Waals surface area contributed by atoms with Crippen molar-refractivity contribution in [3.05, 3.63) is 52.1 Å². The minimum atomic E-state index is -3.10. The number of nitrogens with one attached hydrogen (secondary N) is 1. The maximum atomic E-state index is 13.6. The van der Waals surface area contributed by atoms with Gasteiger partial charge in [0.1, 0.15) is 0 Å². The van der Waals surface area contributed by atoms with Crippen LogP contribution in [0.2, 0.25) is 0 Å². The molecular weight excluding hydrogens is 326 g/mol. The smallest absolute Gasteiger partial charge is 0.264 e. The molecule has 0 fully saturated rings. The van der Waals surface area contributed by atoms with Crippen molar-refractivity contribution in [3.63, 3.8) is 0 Å². The number of hydrogen-bond acceptors (Lipinski definition) is 3. The van der Waals surface area contributed by atoms with Gasteiger partial charge >= 0.3 is 0 Å². The van der Waals surface area contributed by atoms with Crippen molar-refractivity contribution < 1.29 is 17.9 Å². The lowest BCUT2D eigenvalue weighted by Gasteiger charge is -2.30. The van der Waals surface area contributed by atoms with Gasteiger partial charge in [0, 0.05) is 4.92 Å². The van der Waals surface area contributed by atoms with Gasteiger partial charge < -0.3 is 0 Å². The molecule has 0 saturated heterocycles. The number of nitrogens with zero attached hydrogens (tertiary/aromatic N) is 1. The summed E-state index contributed by atoms with van der Waals surface area (Å²) in [4.78, 5) is 10.0. The Morgan fingerprint density at radius 3 is 2.30 bits per heavy atom. The zero-order valence-electron chi connectivity index (χ0n) is 13.2. The predicted octanol–water partition coefficient (Wildman–Crippen LogP) is 3.03. The SMILES string of the molecule is CC(C)(C)S(=O)N[C@@](/C=C/c1ccccc1)(C[N+](=O)[O-])C(F)F. The van der Waals surface area contributed by atoms with E-state index in [0.717, 1.165) is 6.08 Å². The third kappa shape index (κ3) is 5.80. The summed E-state index contributed by atoms with van der Waals surface area (Å²) in [6.45, 7) is 3.72. The third-order valence-electron chi connectivity index (χ3n) is 2.99. The van der Waals surface area contributed by atoms with Crippen LogP contribution in [0.15, 0.2) is 36.4 Å². The average Bonchev–Trinajstić information content (AvgIpc) is 2.44. The quantitative estimate of drug-likeness (QED) is 0.609. The molecule has 1 aromatic carbocycles. The Morgan fingerprint density at radius 1 is 1.30 bits per heavy atom. The topological polar surface area (TPSA) is 72.2 Å². The molecule has 1 unspecified atom stereocenters. The first-order valence-electron chi connectivity index (χ1n) is 6.91. The van der Waals surface area contributed by atoms with E-state index in [1.54, 1.807) is 51.1 Å². The molecule has 0 aliphatic carbocycles. The molecule has 0 saturated carbocycles. The molecule has 0 spiro atoms. The largest absolute Gasteiger partial charge is 0.267 e. The van der Waals surface area contributed by atoms with Crippen molar-refractivity contribution in [1.82, 2.24) is 4.72 Å². The maximum Gasteiger partial charge on any atom is 0.267 e. The number of halogens is 2. The molecule has 8 heteroatoms. The molecule has 0 aliphatic rings. The zero-order chi connectivity index (χ0) is 17.7. The second-order valence-electron chi connectivity index (χ2n) is 6.06. The van der Waals surface area contributed by atoms with Crippen LogP contribution in [0.3, 0.4) is 0 Å². The molecule has 128 valence electrons. The highest BCUT2D eigenvalue weighted by atomic mass is 32.2. The number of rotatable bonds is 7. The van der Waals surface area contributed by atoms with Gasteiger partial charge in [0.25, 0.3) is 6.43 Å². The molecule has 0 aliphatic heterocycles. The van der Waals surface area contributed by atoms with Crippen LogP contribution in [0.25, 0.3) is 6.08 Å². The molecule has 0 heterocycles. The van der Waals surface area contributed by atoms with E-state index in [1.165, 1.54) is 6.08 Å². The van der Waals surface area contributed by atoms with Gasteiger partial charge in [-0.2, -0.15) is 0 Å². The van der Waals surface area contributed by atoms with Crippen LogP contribution in [0.4, 0.5) is 8.78 Å². The first kappa shape index (κ1) is 19.4. The van der Waals surface area contributed by atoms with Crippen molar-refractivity contribution in [2.24, 2.45) is 0 Å². The van der Waals surface area contributed by atoms with E-state index < -0.39 is 39.2 Å². The fourth-order valence-electron chi connectivity index (χ4n) is 1.65. The number of benzene rings is 1. The van der Waals surface area contributed by atoms with Crippen molar-refractivity contribution in [1.29, 1.82) is 0 Å². The highest BCUT2D eigenvalue weighted by molar-refractivity contribution is 7.84. The summed E-state index contributed by atoms with van der Waals surface area (Å²) in [5, 5.41) is 10.9. The molecule has 5 nitrogen and oxygen atoms in total. The van der Waals surface area contributed by atoms with E-state index in [1.807, 2.05) is 0 Å². The number of alkyl halides is 2.